The first-order valence-corrected chi connectivity index (χ1v) is 9.81. The molecule has 6 heteroatoms. The van der Waals surface area contributed by atoms with E-state index in [-0.39, 0.29) is 5.91 Å². The summed E-state index contributed by atoms with van der Waals surface area (Å²) in [6, 6.07) is 17.3. The van der Waals surface area contributed by atoms with E-state index in [4.69, 9.17) is 0 Å². The van der Waals surface area contributed by atoms with Crippen molar-refractivity contribution in [1.29, 1.82) is 0 Å². The lowest BCUT2D eigenvalue weighted by molar-refractivity contribution is 0.102. The fraction of sp³-hybridized carbons (Fsp3) is 0.261. The molecule has 1 aromatic carbocycles. The van der Waals surface area contributed by atoms with Crippen LogP contribution in [0.25, 0.3) is 0 Å². The van der Waals surface area contributed by atoms with Crippen LogP contribution in [0, 0.1) is 6.92 Å². The number of nitrogens with one attached hydrogen (secondary N) is 2. The molecular weight excluding hydrogens is 362 g/mol. The number of benzene rings is 1. The Balaban J connectivity index is 1.60. The maximum absolute atomic E-state index is 12.8. The number of anilines is 3. The summed E-state index contributed by atoms with van der Waals surface area (Å²) in [5.41, 5.74) is 4.26. The van der Waals surface area contributed by atoms with E-state index < -0.39 is 0 Å². The van der Waals surface area contributed by atoms with Crippen molar-refractivity contribution in [1.82, 2.24) is 9.97 Å². The second kappa shape index (κ2) is 9.68. The highest BCUT2D eigenvalue weighted by atomic mass is 16.1. The average Bonchev–Trinajstić information content (AvgIpc) is 2.75. The van der Waals surface area contributed by atoms with Gasteiger partial charge in [-0.2, -0.15) is 0 Å². The minimum Gasteiger partial charge on any atom is -0.385 e. The Morgan fingerprint density at radius 3 is 2.48 bits per heavy atom. The molecule has 0 aliphatic rings. The quantitative estimate of drug-likeness (QED) is 0.606. The van der Waals surface area contributed by atoms with E-state index in [2.05, 4.69) is 20.6 Å². The smallest absolute Gasteiger partial charge is 0.259 e. The molecule has 0 bridgehead atoms. The van der Waals surface area contributed by atoms with Gasteiger partial charge in [-0.1, -0.05) is 6.07 Å². The van der Waals surface area contributed by atoms with Crippen LogP contribution in [0.3, 0.4) is 0 Å². The zero-order valence-electron chi connectivity index (χ0n) is 17.1. The van der Waals surface area contributed by atoms with Crippen molar-refractivity contribution in [2.75, 3.05) is 35.7 Å². The third kappa shape index (κ3) is 5.54. The van der Waals surface area contributed by atoms with Crippen LogP contribution in [-0.2, 0) is 6.42 Å². The van der Waals surface area contributed by atoms with Crippen LogP contribution >= 0.6 is 0 Å². The Morgan fingerprint density at radius 2 is 1.79 bits per heavy atom. The fourth-order valence-electron chi connectivity index (χ4n) is 2.91. The summed E-state index contributed by atoms with van der Waals surface area (Å²) in [4.78, 5) is 23.6. The zero-order chi connectivity index (χ0) is 20.6. The molecule has 2 heterocycles. The number of carbonyl (C=O) groups is 1. The van der Waals surface area contributed by atoms with Crippen LogP contribution in [0.1, 0.15) is 28.7 Å². The maximum atomic E-state index is 12.8. The molecule has 6 nitrogen and oxygen atoms in total. The molecule has 0 aliphatic heterocycles. The van der Waals surface area contributed by atoms with Gasteiger partial charge in [0, 0.05) is 55.5 Å². The zero-order valence-corrected chi connectivity index (χ0v) is 17.1. The lowest BCUT2D eigenvalue weighted by Gasteiger charge is -2.19. The molecule has 29 heavy (non-hydrogen) atoms. The van der Waals surface area contributed by atoms with Crippen molar-refractivity contribution < 1.29 is 4.79 Å². The molecule has 3 rings (SSSR count). The molecule has 0 unspecified atom stereocenters. The molecular formula is C23H27N5O. The van der Waals surface area contributed by atoms with Gasteiger partial charge < -0.3 is 15.5 Å². The van der Waals surface area contributed by atoms with Gasteiger partial charge in [-0.25, -0.2) is 4.98 Å². The predicted molar refractivity (Wildman–Crippen MR) is 119 cm³/mol. The molecule has 0 radical (unpaired) electrons. The number of hydrogen-bond donors (Lipinski definition) is 2. The Morgan fingerprint density at radius 1 is 1.03 bits per heavy atom. The van der Waals surface area contributed by atoms with Gasteiger partial charge in [0.25, 0.3) is 5.91 Å². The number of pyridine rings is 2. The summed E-state index contributed by atoms with van der Waals surface area (Å²) in [6.45, 7) is 5.53. The van der Waals surface area contributed by atoms with Gasteiger partial charge in [-0.05, 0) is 62.4 Å². The third-order valence-corrected chi connectivity index (χ3v) is 4.67. The van der Waals surface area contributed by atoms with Crippen molar-refractivity contribution in [3.63, 3.8) is 0 Å². The summed E-state index contributed by atoms with van der Waals surface area (Å²) in [5, 5.41) is 6.34. The van der Waals surface area contributed by atoms with Gasteiger partial charge in [-0.15, -0.1) is 0 Å². The van der Waals surface area contributed by atoms with Crippen molar-refractivity contribution in [3.05, 3.63) is 77.7 Å². The highest BCUT2D eigenvalue weighted by Crippen LogP contribution is 2.20. The van der Waals surface area contributed by atoms with E-state index in [1.165, 1.54) is 0 Å². The summed E-state index contributed by atoms with van der Waals surface area (Å²) < 4.78 is 0. The van der Waals surface area contributed by atoms with Gasteiger partial charge in [0.2, 0.25) is 0 Å². The normalized spacial score (nSPS) is 10.4. The number of rotatable bonds is 8. The second-order valence-corrected chi connectivity index (χ2v) is 6.87. The maximum Gasteiger partial charge on any atom is 0.259 e. The SMILES string of the molecule is CCN(C)c1nc(C)ccc1C(=O)Nc1ccc(NCCc2ccccn2)cc1. The highest BCUT2D eigenvalue weighted by molar-refractivity contribution is 6.07. The number of carbonyl (C=O) groups excluding carboxylic acids is 1. The first-order valence-electron chi connectivity index (χ1n) is 9.81. The summed E-state index contributed by atoms with van der Waals surface area (Å²) in [7, 11) is 1.93. The Hall–Kier alpha value is -3.41. The monoisotopic (exact) mass is 389 g/mol. The summed E-state index contributed by atoms with van der Waals surface area (Å²) in [6.07, 6.45) is 2.66. The molecule has 150 valence electrons. The second-order valence-electron chi connectivity index (χ2n) is 6.87. The molecule has 0 aliphatic carbocycles. The van der Waals surface area contributed by atoms with Crippen LogP contribution in [0.2, 0.25) is 0 Å². The van der Waals surface area contributed by atoms with Crippen molar-refractivity contribution in [3.8, 4) is 0 Å². The Bertz CT molecular complexity index is 941. The lowest BCUT2D eigenvalue weighted by Crippen LogP contribution is -2.23. The van der Waals surface area contributed by atoms with Gasteiger partial charge in [-0.3, -0.25) is 9.78 Å². The van der Waals surface area contributed by atoms with Crippen LogP contribution in [0.5, 0.6) is 0 Å². The molecule has 0 saturated carbocycles. The van der Waals surface area contributed by atoms with Crippen LogP contribution < -0.4 is 15.5 Å². The Labute approximate surface area is 172 Å². The van der Waals surface area contributed by atoms with E-state index in [0.29, 0.717) is 11.4 Å². The van der Waals surface area contributed by atoms with Gasteiger partial charge in [0.05, 0.1) is 5.56 Å². The van der Waals surface area contributed by atoms with E-state index in [0.717, 1.165) is 42.3 Å². The Kier molecular flexibility index (Phi) is 6.79. The standard InChI is InChI=1S/C23H27N5O/c1-4-28(3)22-21(13-8-17(2)26-22)23(29)27-20-11-9-19(10-12-20)25-16-14-18-7-5-6-15-24-18/h5-13,15,25H,4,14,16H2,1-3H3,(H,27,29). The third-order valence-electron chi connectivity index (χ3n) is 4.67. The number of aryl methyl sites for hydroxylation is 1. The summed E-state index contributed by atoms with van der Waals surface area (Å²) in [5.74, 6) is 0.529. The van der Waals surface area contributed by atoms with Crippen LogP contribution in [0.15, 0.2) is 60.8 Å². The fourth-order valence-corrected chi connectivity index (χ4v) is 2.91. The van der Waals surface area contributed by atoms with Crippen LogP contribution in [0.4, 0.5) is 17.2 Å². The molecule has 0 atom stereocenters. The van der Waals surface area contributed by atoms with E-state index in [1.54, 1.807) is 6.20 Å². The van der Waals surface area contributed by atoms with Crippen molar-refractivity contribution in [2.45, 2.75) is 20.3 Å². The molecule has 2 N–H and O–H groups in total. The first-order chi connectivity index (χ1) is 14.1. The summed E-state index contributed by atoms with van der Waals surface area (Å²) >= 11 is 0. The predicted octanol–water partition coefficient (Wildman–Crippen LogP) is 4.15. The molecule has 0 fully saturated rings. The minimum atomic E-state index is -0.163. The molecule has 1 amide bonds. The van der Waals surface area contributed by atoms with Gasteiger partial charge in [0.15, 0.2) is 0 Å². The first kappa shape index (κ1) is 20.3. The van der Waals surface area contributed by atoms with Gasteiger partial charge >= 0.3 is 0 Å². The number of aromatic nitrogens is 2. The largest absolute Gasteiger partial charge is 0.385 e. The molecule has 2 aromatic heterocycles. The highest BCUT2D eigenvalue weighted by Gasteiger charge is 2.15. The van der Waals surface area contributed by atoms with E-state index in [9.17, 15) is 4.79 Å². The minimum absolute atomic E-state index is 0.163. The van der Waals surface area contributed by atoms with Crippen molar-refractivity contribution in [2.24, 2.45) is 0 Å². The molecule has 0 spiro atoms. The number of amides is 1. The van der Waals surface area contributed by atoms with E-state index >= 15 is 0 Å². The average molecular weight is 390 g/mol. The number of nitrogens with zero attached hydrogens (tertiary/aromatic N) is 3. The molecule has 0 saturated heterocycles. The van der Waals surface area contributed by atoms with Crippen LogP contribution in [-0.4, -0.2) is 36.0 Å². The van der Waals surface area contributed by atoms with E-state index in [1.807, 2.05) is 80.4 Å². The topological polar surface area (TPSA) is 70.2 Å². The van der Waals surface area contributed by atoms with Gasteiger partial charge in [0.1, 0.15) is 5.82 Å². The lowest BCUT2D eigenvalue weighted by atomic mass is 10.2. The number of hydrogen-bond acceptors (Lipinski definition) is 5. The molecule has 3 aromatic rings. The van der Waals surface area contributed by atoms with Crippen molar-refractivity contribution >= 4 is 23.1 Å².